The number of carbonyl (C=O) groups excluding carboxylic acids is 2. The number of pyridine rings is 1. The van der Waals surface area contributed by atoms with Gasteiger partial charge >= 0.3 is 11.7 Å². The second kappa shape index (κ2) is 6.50. The quantitative estimate of drug-likeness (QED) is 0.303. The standard InChI is InChI=1S/C9H10ClN5O4/c10-7-6(15(18)19)5(1-2-12-7)8(16)13-3-4-14-9(11)17/h1-2H,3-4H2,(H,13,16)(H3,11,14,17). The van der Waals surface area contributed by atoms with E-state index in [2.05, 4.69) is 15.6 Å². The number of rotatable bonds is 5. The molecule has 0 spiro atoms. The first-order chi connectivity index (χ1) is 8.93. The molecule has 0 aliphatic rings. The van der Waals surface area contributed by atoms with Crippen LogP contribution in [0.2, 0.25) is 5.15 Å². The van der Waals surface area contributed by atoms with Crippen molar-refractivity contribution in [1.29, 1.82) is 0 Å². The van der Waals surface area contributed by atoms with Crippen molar-refractivity contribution in [3.05, 3.63) is 33.1 Å². The smallest absolute Gasteiger partial charge is 0.319 e. The molecule has 0 radical (unpaired) electrons. The molecule has 0 aromatic carbocycles. The molecule has 10 heteroatoms. The average molecular weight is 288 g/mol. The van der Waals surface area contributed by atoms with Gasteiger partial charge in [0.05, 0.1) is 4.92 Å². The second-order valence-corrected chi connectivity index (χ2v) is 3.66. The van der Waals surface area contributed by atoms with Crippen LogP contribution in [-0.4, -0.2) is 34.9 Å². The third-order valence-corrected chi connectivity index (χ3v) is 2.29. The highest BCUT2D eigenvalue weighted by Crippen LogP contribution is 2.25. The third-order valence-electron chi connectivity index (χ3n) is 2.02. The number of primary amides is 1. The van der Waals surface area contributed by atoms with Gasteiger partial charge in [0, 0.05) is 19.3 Å². The Morgan fingerprint density at radius 1 is 1.42 bits per heavy atom. The zero-order chi connectivity index (χ0) is 14.4. The number of nitro groups is 1. The van der Waals surface area contributed by atoms with Crippen molar-refractivity contribution in [3.8, 4) is 0 Å². The van der Waals surface area contributed by atoms with E-state index in [0.717, 1.165) is 0 Å². The Morgan fingerprint density at radius 3 is 2.63 bits per heavy atom. The third kappa shape index (κ3) is 4.07. The number of aromatic nitrogens is 1. The van der Waals surface area contributed by atoms with Gasteiger partial charge in [0.25, 0.3) is 5.91 Å². The predicted molar refractivity (Wildman–Crippen MR) is 65.8 cm³/mol. The van der Waals surface area contributed by atoms with Crippen LogP contribution in [0.25, 0.3) is 0 Å². The molecule has 1 rings (SSSR count). The van der Waals surface area contributed by atoms with Gasteiger partial charge in [-0.05, 0) is 6.07 Å². The SMILES string of the molecule is NC(=O)NCCNC(=O)c1ccnc(Cl)c1[N+](=O)[O-]. The molecule has 0 atom stereocenters. The Bertz CT molecular complexity index is 521. The molecule has 0 saturated heterocycles. The molecule has 102 valence electrons. The van der Waals surface area contributed by atoms with E-state index in [9.17, 15) is 19.7 Å². The van der Waals surface area contributed by atoms with Gasteiger partial charge in [-0.15, -0.1) is 0 Å². The molecule has 0 fully saturated rings. The first kappa shape index (κ1) is 14.6. The normalized spacial score (nSPS) is 9.74. The van der Waals surface area contributed by atoms with E-state index >= 15 is 0 Å². The lowest BCUT2D eigenvalue weighted by Crippen LogP contribution is -2.37. The first-order valence-electron chi connectivity index (χ1n) is 5.04. The minimum atomic E-state index is -0.786. The minimum absolute atomic E-state index is 0.0683. The molecule has 0 aliphatic heterocycles. The summed E-state index contributed by atoms with van der Waals surface area (Å²) in [6, 6.07) is 0.452. The summed E-state index contributed by atoms with van der Waals surface area (Å²) in [5.41, 5.74) is 4.06. The number of urea groups is 1. The molecule has 0 aliphatic carbocycles. The van der Waals surface area contributed by atoms with Gasteiger partial charge in [0.15, 0.2) is 0 Å². The topological polar surface area (TPSA) is 140 Å². The molecule has 0 unspecified atom stereocenters. The predicted octanol–water partition coefficient (Wildman–Crippen LogP) is 0.0413. The van der Waals surface area contributed by atoms with Crippen LogP contribution in [0, 0.1) is 10.1 Å². The van der Waals surface area contributed by atoms with Crippen molar-refractivity contribution in [2.75, 3.05) is 13.1 Å². The highest BCUT2D eigenvalue weighted by Gasteiger charge is 2.24. The summed E-state index contributed by atoms with van der Waals surface area (Å²) >= 11 is 5.57. The van der Waals surface area contributed by atoms with Gasteiger partial charge in [-0.2, -0.15) is 0 Å². The van der Waals surface area contributed by atoms with Crippen LogP contribution < -0.4 is 16.4 Å². The van der Waals surface area contributed by atoms with Crippen molar-refractivity contribution in [2.45, 2.75) is 0 Å². The number of halogens is 1. The van der Waals surface area contributed by atoms with Crippen LogP contribution in [-0.2, 0) is 0 Å². The summed E-state index contributed by atoms with van der Waals surface area (Å²) in [5.74, 6) is -0.692. The summed E-state index contributed by atoms with van der Waals surface area (Å²) in [5, 5.41) is 15.1. The molecule has 1 aromatic heterocycles. The largest absolute Gasteiger partial charge is 0.352 e. The average Bonchev–Trinajstić information content (AvgIpc) is 2.33. The molecule has 0 saturated carbocycles. The van der Waals surface area contributed by atoms with Gasteiger partial charge in [-0.25, -0.2) is 9.78 Å². The van der Waals surface area contributed by atoms with E-state index < -0.39 is 22.5 Å². The number of hydrogen-bond acceptors (Lipinski definition) is 5. The van der Waals surface area contributed by atoms with E-state index in [1.54, 1.807) is 0 Å². The van der Waals surface area contributed by atoms with Crippen molar-refractivity contribution < 1.29 is 14.5 Å². The van der Waals surface area contributed by atoms with E-state index in [4.69, 9.17) is 17.3 Å². The summed E-state index contributed by atoms with van der Waals surface area (Å²) in [6.07, 6.45) is 1.19. The Balaban J connectivity index is 2.74. The number of carbonyl (C=O) groups is 2. The molecule has 4 N–H and O–H groups in total. The van der Waals surface area contributed by atoms with E-state index in [0.29, 0.717) is 0 Å². The molecule has 3 amide bonds. The van der Waals surface area contributed by atoms with Crippen molar-refractivity contribution in [3.63, 3.8) is 0 Å². The van der Waals surface area contributed by atoms with Crippen LogP contribution in [0.15, 0.2) is 12.3 Å². The van der Waals surface area contributed by atoms with Crippen molar-refractivity contribution >= 4 is 29.2 Å². The highest BCUT2D eigenvalue weighted by molar-refractivity contribution is 6.32. The second-order valence-electron chi connectivity index (χ2n) is 3.30. The van der Waals surface area contributed by atoms with Crippen LogP contribution in [0.5, 0.6) is 0 Å². The number of nitrogens with two attached hydrogens (primary N) is 1. The maximum Gasteiger partial charge on any atom is 0.319 e. The van der Waals surface area contributed by atoms with Crippen LogP contribution in [0.4, 0.5) is 10.5 Å². The number of hydrogen-bond donors (Lipinski definition) is 3. The maximum atomic E-state index is 11.7. The first-order valence-corrected chi connectivity index (χ1v) is 5.41. The molecular formula is C9H10ClN5O4. The highest BCUT2D eigenvalue weighted by atomic mass is 35.5. The Morgan fingerprint density at radius 2 is 2.05 bits per heavy atom. The Kier molecular flexibility index (Phi) is 5.01. The molecule has 19 heavy (non-hydrogen) atoms. The lowest BCUT2D eigenvalue weighted by Gasteiger charge is -2.06. The molecule has 0 bridgehead atoms. The Hall–Kier alpha value is -2.42. The summed E-state index contributed by atoms with van der Waals surface area (Å²) in [7, 11) is 0. The lowest BCUT2D eigenvalue weighted by molar-refractivity contribution is -0.385. The fourth-order valence-electron chi connectivity index (χ4n) is 1.24. The molecule has 1 aromatic rings. The van der Waals surface area contributed by atoms with Gasteiger partial charge in [-0.3, -0.25) is 14.9 Å². The van der Waals surface area contributed by atoms with Gasteiger partial charge in [0.2, 0.25) is 5.15 Å². The van der Waals surface area contributed by atoms with Crippen LogP contribution >= 0.6 is 11.6 Å². The monoisotopic (exact) mass is 287 g/mol. The summed E-state index contributed by atoms with van der Waals surface area (Å²) in [6.45, 7) is 0.173. The summed E-state index contributed by atoms with van der Waals surface area (Å²) < 4.78 is 0. The fraction of sp³-hybridized carbons (Fsp3) is 0.222. The maximum absolute atomic E-state index is 11.7. The lowest BCUT2D eigenvalue weighted by atomic mass is 10.2. The number of amides is 3. The minimum Gasteiger partial charge on any atom is -0.352 e. The van der Waals surface area contributed by atoms with Crippen molar-refractivity contribution in [1.82, 2.24) is 15.6 Å². The zero-order valence-electron chi connectivity index (χ0n) is 9.55. The Labute approximate surface area is 112 Å². The van der Waals surface area contributed by atoms with Gasteiger partial charge in [0.1, 0.15) is 5.56 Å². The van der Waals surface area contributed by atoms with E-state index in [1.807, 2.05) is 0 Å². The van der Waals surface area contributed by atoms with E-state index in [1.165, 1.54) is 12.3 Å². The van der Waals surface area contributed by atoms with Gasteiger partial charge in [-0.1, -0.05) is 11.6 Å². The molecule has 1 heterocycles. The summed E-state index contributed by atoms with van der Waals surface area (Å²) in [4.78, 5) is 35.6. The van der Waals surface area contributed by atoms with Crippen LogP contribution in [0.1, 0.15) is 10.4 Å². The van der Waals surface area contributed by atoms with Crippen molar-refractivity contribution in [2.24, 2.45) is 5.73 Å². The number of nitrogens with zero attached hydrogens (tertiary/aromatic N) is 2. The van der Waals surface area contributed by atoms with E-state index in [-0.39, 0.29) is 23.8 Å². The number of nitrogens with one attached hydrogen (secondary N) is 2. The molecular weight excluding hydrogens is 278 g/mol. The fourth-order valence-corrected chi connectivity index (χ4v) is 1.47. The van der Waals surface area contributed by atoms with Crippen LogP contribution in [0.3, 0.4) is 0 Å². The zero-order valence-corrected chi connectivity index (χ0v) is 10.3. The molecule has 9 nitrogen and oxygen atoms in total. The van der Waals surface area contributed by atoms with Gasteiger partial charge < -0.3 is 16.4 Å².